The predicted molar refractivity (Wildman–Crippen MR) is 132 cm³/mol. The smallest absolute Gasteiger partial charge is 0.270 e. The third kappa shape index (κ3) is 3.69. The molecule has 2 aromatic carbocycles. The first-order valence-corrected chi connectivity index (χ1v) is 10.7. The van der Waals surface area contributed by atoms with Gasteiger partial charge >= 0.3 is 0 Å². The fourth-order valence-corrected chi connectivity index (χ4v) is 4.34. The molecule has 0 aromatic heterocycles. The van der Waals surface area contributed by atoms with Gasteiger partial charge in [0.15, 0.2) is 5.11 Å². The van der Waals surface area contributed by atoms with Crippen LogP contribution in [0.25, 0.3) is 11.6 Å². The Morgan fingerprint density at radius 2 is 1.78 bits per heavy atom. The second kappa shape index (κ2) is 7.91. The van der Waals surface area contributed by atoms with Gasteiger partial charge in [0.25, 0.3) is 11.8 Å². The monoisotopic (exact) mass is 447 g/mol. The number of methoxy groups -OCH3 is 1. The lowest BCUT2D eigenvalue weighted by molar-refractivity contribution is -0.122. The van der Waals surface area contributed by atoms with Crippen molar-refractivity contribution in [3.63, 3.8) is 0 Å². The molecule has 7 heteroatoms. The summed E-state index contributed by atoms with van der Waals surface area (Å²) in [6.45, 7) is 6.40. The number of nitrogens with zero attached hydrogens (tertiary/aromatic N) is 2. The maximum Gasteiger partial charge on any atom is 0.270 e. The molecular weight excluding hydrogens is 422 g/mol. The minimum atomic E-state index is -0.506. The Kier molecular flexibility index (Phi) is 5.38. The highest BCUT2D eigenvalue weighted by Gasteiger charge is 2.35. The maximum atomic E-state index is 13.3. The van der Waals surface area contributed by atoms with Gasteiger partial charge in [-0.3, -0.25) is 19.8 Å². The van der Waals surface area contributed by atoms with E-state index in [0.29, 0.717) is 11.4 Å². The lowest BCUT2D eigenvalue weighted by Gasteiger charge is -2.40. The quantitative estimate of drug-likeness (QED) is 0.435. The van der Waals surface area contributed by atoms with Gasteiger partial charge in [-0.05, 0) is 86.6 Å². The van der Waals surface area contributed by atoms with Crippen LogP contribution < -0.4 is 19.9 Å². The molecule has 6 nitrogen and oxygen atoms in total. The van der Waals surface area contributed by atoms with E-state index < -0.39 is 11.8 Å². The van der Waals surface area contributed by atoms with Gasteiger partial charge in [-0.15, -0.1) is 0 Å². The molecule has 0 spiro atoms. The Hall–Kier alpha value is -3.45. The molecular formula is C25H25N3O3S. The summed E-state index contributed by atoms with van der Waals surface area (Å²) in [7, 11) is 3.63. The third-order valence-electron chi connectivity index (χ3n) is 5.98. The predicted octanol–water partition coefficient (Wildman–Crippen LogP) is 4.16. The van der Waals surface area contributed by atoms with Crippen LogP contribution in [0.5, 0.6) is 5.75 Å². The van der Waals surface area contributed by atoms with Crippen LogP contribution in [0.3, 0.4) is 0 Å². The number of likely N-dealkylation sites (N-methyl/N-ethyl adjacent to an activating group) is 1. The molecule has 2 aliphatic rings. The van der Waals surface area contributed by atoms with E-state index in [4.69, 9.17) is 17.0 Å². The summed E-state index contributed by atoms with van der Waals surface area (Å²) in [5.41, 5.74) is 4.60. The number of fused-ring (bicyclic) bond motifs is 1. The molecule has 0 saturated carbocycles. The zero-order chi connectivity index (χ0) is 23.2. The van der Waals surface area contributed by atoms with Crippen LogP contribution in [0.15, 0.2) is 54.1 Å². The van der Waals surface area contributed by atoms with Crippen LogP contribution in [0, 0.1) is 0 Å². The molecule has 32 heavy (non-hydrogen) atoms. The Balaban J connectivity index is 1.72. The van der Waals surface area contributed by atoms with Crippen molar-refractivity contribution in [3.8, 4) is 5.75 Å². The second-order valence-electron chi connectivity index (χ2n) is 8.47. The van der Waals surface area contributed by atoms with E-state index in [-0.39, 0.29) is 16.2 Å². The number of nitrogens with one attached hydrogen (secondary N) is 1. The summed E-state index contributed by atoms with van der Waals surface area (Å²) in [6, 6.07) is 12.9. The largest absolute Gasteiger partial charge is 0.497 e. The fourth-order valence-electron chi connectivity index (χ4n) is 4.06. The van der Waals surface area contributed by atoms with E-state index in [2.05, 4.69) is 44.1 Å². The van der Waals surface area contributed by atoms with E-state index in [1.807, 2.05) is 18.2 Å². The van der Waals surface area contributed by atoms with Gasteiger partial charge in [-0.1, -0.05) is 12.1 Å². The highest BCUT2D eigenvalue weighted by atomic mass is 32.1. The fraction of sp³-hybridized carbons (Fsp3) is 0.240. The first kappa shape index (κ1) is 21.8. The summed E-state index contributed by atoms with van der Waals surface area (Å²) >= 11 is 5.27. The molecule has 2 heterocycles. The van der Waals surface area contributed by atoms with Crippen molar-refractivity contribution in [2.24, 2.45) is 0 Å². The van der Waals surface area contributed by atoms with Crippen molar-refractivity contribution in [1.29, 1.82) is 0 Å². The molecule has 164 valence electrons. The number of carbonyl (C=O) groups is 2. The van der Waals surface area contributed by atoms with Crippen LogP contribution in [-0.2, 0) is 9.59 Å². The van der Waals surface area contributed by atoms with Gasteiger partial charge in [0.05, 0.1) is 18.3 Å². The molecule has 1 N–H and O–H groups in total. The number of hydrogen-bond donors (Lipinski definition) is 1. The molecule has 0 aliphatic carbocycles. The van der Waals surface area contributed by atoms with Crippen molar-refractivity contribution >= 4 is 52.2 Å². The lowest BCUT2D eigenvalue weighted by Crippen LogP contribution is -2.54. The second-order valence-corrected chi connectivity index (χ2v) is 8.86. The molecule has 0 radical (unpaired) electrons. The number of thiocarbonyl (C=S) groups is 1. The van der Waals surface area contributed by atoms with E-state index in [0.717, 1.165) is 22.4 Å². The standard InChI is InChI=1S/C25H25N3O3S/c1-15-14-25(2,3)27(4)21-11-6-16(12-19(15)21)13-20-22(29)26-24(32)28(23(20)30)17-7-9-18(31-5)10-8-17/h6-14H,1-5H3,(H,26,29,32)/b20-13+. The van der Waals surface area contributed by atoms with Crippen LogP contribution >= 0.6 is 12.2 Å². The third-order valence-corrected chi connectivity index (χ3v) is 6.27. The SMILES string of the molecule is COc1ccc(N2C(=O)/C(=C/c3ccc4c(c3)C(C)=CC(C)(C)N4C)C(=O)NC2=S)cc1. The lowest BCUT2D eigenvalue weighted by atomic mass is 9.88. The molecule has 1 saturated heterocycles. The number of amides is 2. The van der Waals surface area contributed by atoms with Gasteiger partial charge < -0.3 is 9.64 Å². The number of anilines is 2. The molecule has 0 atom stereocenters. The Labute approximate surface area is 193 Å². The van der Waals surface area contributed by atoms with Gasteiger partial charge in [0, 0.05) is 18.3 Å². The number of ether oxygens (including phenoxy) is 1. The minimum absolute atomic E-state index is 0.0282. The summed E-state index contributed by atoms with van der Waals surface area (Å²) in [4.78, 5) is 29.4. The topological polar surface area (TPSA) is 61.9 Å². The van der Waals surface area contributed by atoms with Gasteiger partial charge in [-0.2, -0.15) is 0 Å². The zero-order valence-electron chi connectivity index (χ0n) is 18.7. The van der Waals surface area contributed by atoms with E-state index in [9.17, 15) is 9.59 Å². The Bertz CT molecular complexity index is 1200. The highest BCUT2D eigenvalue weighted by Crippen LogP contribution is 2.38. The van der Waals surface area contributed by atoms with Crippen LogP contribution in [-0.4, -0.2) is 36.6 Å². The summed E-state index contributed by atoms with van der Waals surface area (Å²) in [5, 5.41) is 2.68. The number of hydrogen-bond acceptors (Lipinski definition) is 5. The first-order chi connectivity index (χ1) is 15.1. The Morgan fingerprint density at radius 1 is 1.09 bits per heavy atom. The summed E-state index contributed by atoms with van der Waals surface area (Å²) < 4.78 is 5.18. The number of carbonyl (C=O) groups excluding carboxylic acids is 2. The first-order valence-electron chi connectivity index (χ1n) is 10.3. The van der Waals surface area contributed by atoms with Crippen LogP contribution in [0.1, 0.15) is 31.9 Å². The molecule has 2 aliphatic heterocycles. The number of benzene rings is 2. The van der Waals surface area contributed by atoms with Crippen LogP contribution in [0.2, 0.25) is 0 Å². The highest BCUT2D eigenvalue weighted by molar-refractivity contribution is 7.80. The minimum Gasteiger partial charge on any atom is -0.497 e. The van der Waals surface area contributed by atoms with Gasteiger partial charge in [0.1, 0.15) is 11.3 Å². The number of allylic oxidation sites excluding steroid dienone is 1. The van der Waals surface area contributed by atoms with Gasteiger partial charge in [0.2, 0.25) is 0 Å². The maximum absolute atomic E-state index is 13.3. The van der Waals surface area contributed by atoms with Crippen molar-refractivity contribution in [3.05, 3.63) is 65.2 Å². The Morgan fingerprint density at radius 3 is 2.44 bits per heavy atom. The normalized spacial score (nSPS) is 19.0. The average molecular weight is 448 g/mol. The van der Waals surface area contributed by atoms with E-state index in [1.165, 1.54) is 4.90 Å². The van der Waals surface area contributed by atoms with Gasteiger partial charge in [-0.25, -0.2) is 0 Å². The van der Waals surface area contributed by atoms with Crippen molar-refractivity contribution in [2.45, 2.75) is 26.3 Å². The van der Waals surface area contributed by atoms with Crippen molar-refractivity contribution < 1.29 is 14.3 Å². The zero-order valence-corrected chi connectivity index (χ0v) is 19.5. The van der Waals surface area contributed by atoms with Crippen molar-refractivity contribution in [2.75, 3.05) is 24.0 Å². The average Bonchev–Trinajstić information content (AvgIpc) is 2.75. The molecule has 0 unspecified atom stereocenters. The molecule has 2 amide bonds. The van der Waals surface area contributed by atoms with Crippen molar-refractivity contribution in [1.82, 2.24) is 5.32 Å². The molecule has 4 rings (SSSR count). The summed E-state index contributed by atoms with van der Waals surface area (Å²) in [5.74, 6) is -0.310. The molecule has 0 bridgehead atoms. The number of rotatable bonds is 3. The molecule has 1 fully saturated rings. The molecule has 2 aromatic rings. The van der Waals surface area contributed by atoms with E-state index in [1.54, 1.807) is 37.5 Å². The van der Waals surface area contributed by atoms with Crippen LogP contribution in [0.4, 0.5) is 11.4 Å². The summed E-state index contributed by atoms with van der Waals surface area (Å²) in [6.07, 6.45) is 3.83. The van der Waals surface area contributed by atoms with E-state index >= 15 is 0 Å².